The molecule has 3 nitrogen and oxygen atoms in total. The Morgan fingerprint density at radius 2 is 1.89 bits per heavy atom. The van der Waals surface area contributed by atoms with Crippen molar-refractivity contribution in [2.45, 2.75) is 20.8 Å². The van der Waals surface area contributed by atoms with Crippen LogP contribution in [-0.2, 0) is 0 Å². The van der Waals surface area contributed by atoms with Gasteiger partial charge in [-0.05, 0) is 55.7 Å². The summed E-state index contributed by atoms with van der Waals surface area (Å²) in [5.74, 6) is 0. The number of aromatic nitrogens is 1. The van der Waals surface area contributed by atoms with Gasteiger partial charge in [-0.2, -0.15) is 5.26 Å². The minimum atomic E-state index is -0.295. The maximum atomic E-state index is 12.3. The highest BCUT2D eigenvalue weighted by atomic mass is 35.5. The maximum absolute atomic E-state index is 12.3. The van der Waals surface area contributed by atoms with Crippen molar-refractivity contribution in [3.63, 3.8) is 0 Å². The van der Waals surface area contributed by atoms with E-state index in [1.807, 2.05) is 19.9 Å². The van der Waals surface area contributed by atoms with Crippen molar-refractivity contribution < 1.29 is 0 Å². The van der Waals surface area contributed by atoms with E-state index >= 15 is 0 Å². The SMILES string of the molecule is Cc1cc(Cl)ccc1-n1cc(C)c(C)c(C#N)c1=O. The molecule has 0 saturated carbocycles. The molecule has 1 aromatic heterocycles. The van der Waals surface area contributed by atoms with E-state index in [0.717, 1.165) is 22.4 Å². The van der Waals surface area contributed by atoms with Crippen molar-refractivity contribution in [3.05, 3.63) is 62.0 Å². The van der Waals surface area contributed by atoms with Gasteiger partial charge in [0, 0.05) is 11.2 Å². The molecular formula is C15H13ClN2O. The van der Waals surface area contributed by atoms with E-state index < -0.39 is 0 Å². The van der Waals surface area contributed by atoms with Gasteiger partial charge in [0.2, 0.25) is 0 Å². The van der Waals surface area contributed by atoms with Gasteiger partial charge in [0.15, 0.2) is 0 Å². The molecule has 0 aliphatic carbocycles. The van der Waals surface area contributed by atoms with Crippen LogP contribution in [0.25, 0.3) is 5.69 Å². The quantitative estimate of drug-likeness (QED) is 0.800. The Balaban J connectivity index is 2.81. The Morgan fingerprint density at radius 3 is 2.47 bits per heavy atom. The second kappa shape index (κ2) is 4.91. The van der Waals surface area contributed by atoms with Gasteiger partial charge >= 0.3 is 0 Å². The fourth-order valence-electron chi connectivity index (χ4n) is 2.03. The molecule has 0 aliphatic rings. The number of benzene rings is 1. The van der Waals surface area contributed by atoms with E-state index in [9.17, 15) is 4.79 Å². The molecule has 0 amide bonds. The first-order chi connectivity index (χ1) is 8.95. The normalized spacial score (nSPS) is 10.3. The highest BCUT2D eigenvalue weighted by Crippen LogP contribution is 2.19. The molecule has 0 bridgehead atoms. The molecule has 0 spiro atoms. The third kappa shape index (κ3) is 2.27. The van der Waals surface area contributed by atoms with E-state index in [1.165, 1.54) is 4.57 Å². The summed E-state index contributed by atoms with van der Waals surface area (Å²) in [5, 5.41) is 9.75. The standard InChI is InChI=1S/C15H13ClN2O/c1-9-6-12(16)4-5-14(9)18-8-10(2)11(3)13(7-17)15(18)19/h4-6,8H,1-3H3. The van der Waals surface area contributed by atoms with Crippen molar-refractivity contribution in [3.8, 4) is 11.8 Å². The van der Waals surface area contributed by atoms with Gasteiger partial charge in [-0.25, -0.2) is 0 Å². The predicted molar refractivity (Wildman–Crippen MR) is 76.0 cm³/mol. The van der Waals surface area contributed by atoms with Gasteiger partial charge in [0.25, 0.3) is 5.56 Å². The third-order valence-corrected chi connectivity index (χ3v) is 3.49. The highest BCUT2D eigenvalue weighted by Gasteiger charge is 2.12. The first kappa shape index (κ1) is 13.4. The van der Waals surface area contributed by atoms with Crippen LogP contribution in [-0.4, -0.2) is 4.57 Å². The van der Waals surface area contributed by atoms with Gasteiger partial charge in [-0.1, -0.05) is 11.6 Å². The summed E-state index contributed by atoms with van der Waals surface area (Å²) >= 11 is 5.92. The molecule has 0 atom stereocenters. The van der Waals surface area contributed by atoms with Crippen molar-refractivity contribution in [2.24, 2.45) is 0 Å². The van der Waals surface area contributed by atoms with Crippen LogP contribution in [0.3, 0.4) is 0 Å². The number of aryl methyl sites for hydroxylation is 2. The lowest BCUT2D eigenvalue weighted by Crippen LogP contribution is -2.23. The summed E-state index contributed by atoms with van der Waals surface area (Å²) in [6, 6.07) is 7.30. The van der Waals surface area contributed by atoms with E-state index in [-0.39, 0.29) is 11.1 Å². The molecular weight excluding hydrogens is 260 g/mol. The molecule has 1 heterocycles. The number of nitriles is 1. The Bertz CT molecular complexity index is 754. The summed E-state index contributed by atoms with van der Waals surface area (Å²) < 4.78 is 1.51. The lowest BCUT2D eigenvalue weighted by molar-refractivity contribution is 0.947. The monoisotopic (exact) mass is 272 g/mol. The van der Waals surface area contributed by atoms with E-state index in [2.05, 4.69) is 0 Å². The molecule has 0 radical (unpaired) electrons. The Hall–Kier alpha value is -2.05. The van der Waals surface area contributed by atoms with Crippen molar-refractivity contribution >= 4 is 11.6 Å². The zero-order chi connectivity index (χ0) is 14.2. The molecule has 0 fully saturated rings. The summed E-state index contributed by atoms with van der Waals surface area (Å²) in [6.07, 6.45) is 1.76. The number of hydrogen-bond acceptors (Lipinski definition) is 2. The molecule has 4 heteroatoms. The largest absolute Gasteiger partial charge is 0.283 e. The van der Waals surface area contributed by atoms with Crippen LogP contribution in [0.1, 0.15) is 22.3 Å². The Morgan fingerprint density at radius 1 is 1.21 bits per heavy atom. The highest BCUT2D eigenvalue weighted by molar-refractivity contribution is 6.30. The minimum Gasteiger partial charge on any atom is -0.283 e. The topological polar surface area (TPSA) is 45.8 Å². The van der Waals surface area contributed by atoms with Gasteiger partial charge in [0.1, 0.15) is 11.6 Å². The van der Waals surface area contributed by atoms with E-state index in [4.69, 9.17) is 16.9 Å². The summed E-state index contributed by atoms with van der Waals surface area (Å²) in [4.78, 5) is 12.3. The average Bonchev–Trinajstić information content (AvgIpc) is 2.35. The summed E-state index contributed by atoms with van der Waals surface area (Å²) in [7, 11) is 0. The number of pyridine rings is 1. The number of halogens is 1. The van der Waals surface area contributed by atoms with Crippen LogP contribution in [0.15, 0.2) is 29.2 Å². The number of nitrogens with zero attached hydrogens (tertiary/aromatic N) is 2. The van der Waals surface area contributed by atoms with Crippen molar-refractivity contribution in [1.29, 1.82) is 5.26 Å². The van der Waals surface area contributed by atoms with Gasteiger partial charge in [0.05, 0.1) is 5.69 Å². The average molecular weight is 273 g/mol. The van der Waals surface area contributed by atoms with E-state index in [0.29, 0.717) is 5.02 Å². The Kier molecular flexibility index (Phi) is 3.46. The number of rotatable bonds is 1. The maximum Gasteiger partial charge on any atom is 0.273 e. The molecule has 0 N–H and O–H groups in total. The lowest BCUT2D eigenvalue weighted by Gasteiger charge is -2.12. The van der Waals surface area contributed by atoms with Gasteiger partial charge in [-0.3, -0.25) is 9.36 Å². The fraction of sp³-hybridized carbons (Fsp3) is 0.200. The van der Waals surface area contributed by atoms with Crippen LogP contribution in [0, 0.1) is 32.1 Å². The molecule has 96 valence electrons. The molecule has 0 saturated heterocycles. The Labute approximate surface area is 116 Å². The van der Waals surface area contributed by atoms with E-state index in [1.54, 1.807) is 31.3 Å². The zero-order valence-corrected chi connectivity index (χ0v) is 11.7. The number of hydrogen-bond donors (Lipinski definition) is 0. The first-order valence-electron chi connectivity index (χ1n) is 5.85. The van der Waals surface area contributed by atoms with Gasteiger partial charge < -0.3 is 0 Å². The molecule has 0 aliphatic heterocycles. The zero-order valence-electron chi connectivity index (χ0n) is 11.0. The predicted octanol–water partition coefficient (Wildman–Crippen LogP) is 3.29. The fourth-order valence-corrected chi connectivity index (χ4v) is 2.25. The van der Waals surface area contributed by atoms with Crippen LogP contribution < -0.4 is 5.56 Å². The first-order valence-corrected chi connectivity index (χ1v) is 6.23. The van der Waals surface area contributed by atoms with Crippen molar-refractivity contribution in [2.75, 3.05) is 0 Å². The lowest BCUT2D eigenvalue weighted by atomic mass is 10.1. The molecule has 2 aromatic rings. The summed E-state index contributed by atoms with van der Waals surface area (Å²) in [6.45, 7) is 5.56. The second-order valence-electron chi connectivity index (χ2n) is 4.53. The second-order valence-corrected chi connectivity index (χ2v) is 4.97. The van der Waals surface area contributed by atoms with Crippen LogP contribution in [0.4, 0.5) is 0 Å². The summed E-state index contributed by atoms with van der Waals surface area (Å²) in [5.41, 5.74) is 3.17. The van der Waals surface area contributed by atoms with Crippen LogP contribution in [0.5, 0.6) is 0 Å². The van der Waals surface area contributed by atoms with Crippen LogP contribution in [0.2, 0.25) is 5.02 Å². The third-order valence-electron chi connectivity index (χ3n) is 3.25. The minimum absolute atomic E-state index is 0.189. The van der Waals surface area contributed by atoms with Crippen molar-refractivity contribution in [1.82, 2.24) is 4.57 Å². The molecule has 1 aromatic carbocycles. The molecule has 0 unspecified atom stereocenters. The molecule has 19 heavy (non-hydrogen) atoms. The van der Waals surface area contributed by atoms with Crippen LogP contribution >= 0.6 is 11.6 Å². The molecule has 2 rings (SSSR count). The van der Waals surface area contributed by atoms with Gasteiger partial charge in [-0.15, -0.1) is 0 Å². The smallest absolute Gasteiger partial charge is 0.273 e.